The van der Waals surface area contributed by atoms with Crippen molar-refractivity contribution < 1.29 is 4.42 Å². The number of nitrogens with zero attached hydrogens (tertiary/aromatic N) is 4. The normalized spacial score (nSPS) is 11.8. The van der Waals surface area contributed by atoms with E-state index < -0.39 is 0 Å². The van der Waals surface area contributed by atoms with E-state index in [1.807, 2.05) is 66.7 Å². The van der Waals surface area contributed by atoms with Crippen molar-refractivity contribution in [3.05, 3.63) is 194 Å². The maximum Gasteiger partial charge on any atom is 0.164 e. The van der Waals surface area contributed by atoms with Crippen molar-refractivity contribution in [3.63, 3.8) is 0 Å². The van der Waals surface area contributed by atoms with Gasteiger partial charge in [-0.2, -0.15) is 0 Å². The van der Waals surface area contributed by atoms with E-state index in [9.17, 15) is 0 Å². The van der Waals surface area contributed by atoms with Gasteiger partial charge < -0.3 is 8.98 Å². The van der Waals surface area contributed by atoms with Gasteiger partial charge in [0.2, 0.25) is 0 Å². The van der Waals surface area contributed by atoms with Crippen molar-refractivity contribution in [1.29, 1.82) is 0 Å². The Bertz CT molecular complexity index is 3510. The maximum atomic E-state index is 7.05. The SMILES string of the molecule is c1ccc(-c2nc(-c3ccccc3)nc(-c3cccc4oc5c(-n6c7ccccc7c7cc8ccccc8cc76)cc(-c6ccc7ccccc7c6)cc5c34)n2)cc1. The van der Waals surface area contributed by atoms with Crippen molar-refractivity contribution >= 4 is 65.3 Å². The van der Waals surface area contributed by atoms with Crippen LogP contribution < -0.4 is 0 Å². The molecule has 0 aliphatic carbocycles. The van der Waals surface area contributed by atoms with Crippen LogP contribution in [0.2, 0.25) is 0 Å². The molecule has 0 spiro atoms. The first-order valence-electron chi connectivity index (χ1n) is 19.5. The van der Waals surface area contributed by atoms with E-state index in [0.717, 1.165) is 66.5 Å². The molecule has 3 aromatic heterocycles. The van der Waals surface area contributed by atoms with Gasteiger partial charge in [-0.25, -0.2) is 15.0 Å². The summed E-state index contributed by atoms with van der Waals surface area (Å²) in [5, 5.41) is 9.12. The average molecular weight is 741 g/mol. The fourth-order valence-corrected chi connectivity index (χ4v) is 8.64. The van der Waals surface area contributed by atoms with Crippen LogP contribution in [0.4, 0.5) is 0 Å². The van der Waals surface area contributed by atoms with Gasteiger partial charge in [0.15, 0.2) is 23.1 Å². The van der Waals surface area contributed by atoms with Crippen LogP contribution in [0.5, 0.6) is 0 Å². The maximum absolute atomic E-state index is 7.05. The minimum Gasteiger partial charge on any atom is -0.454 e. The fourth-order valence-electron chi connectivity index (χ4n) is 8.64. The van der Waals surface area contributed by atoms with Crippen LogP contribution >= 0.6 is 0 Å². The van der Waals surface area contributed by atoms with Gasteiger partial charge in [-0.15, -0.1) is 0 Å². The molecule has 5 heteroatoms. The van der Waals surface area contributed by atoms with Gasteiger partial charge in [0, 0.05) is 38.2 Å². The molecule has 12 rings (SSSR count). The van der Waals surface area contributed by atoms with Crippen molar-refractivity contribution in [2.75, 3.05) is 0 Å². The Morgan fingerprint density at radius 1 is 0.362 bits per heavy atom. The molecule has 0 aliphatic heterocycles. The predicted molar refractivity (Wildman–Crippen MR) is 238 cm³/mol. The van der Waals surface area contributed by atoms with Crippen molar-refractivity contribution in [1.82, 2.24) is 19.5 Å². The number of para-hydroxylation sites is 1. The number of aromatic nitrogens is 4. The standard InChI is InChI=1S/C53H32N4O/c1-3-15-34(16-4-1)51-54-52(35-17-5-2-6-18-35)56-53(55-51)42-23-13-25-48-49(42)44-30-40(39-27-26-33-14-7-8-19-36(33)28-39)32-47(50(44)58-48)57-45-24-12-11-22-41(45)43-29-37-20-9-10-21-38(37)31-46(43)57/h1-32H. The quantitative estimate of drug-likeness (QED) is 0.176. The average Bonchev–Trinajstić information content (AvgIpc) is 3.83. The largest absolute Gasteiger partial charge is 0.454 e. The molecule has 0 fully saturated rings. The highest BCUT2D eigenvalue weighted by atomic mass is 16.3. The van der Waals surface area contributed by atoms with Gasteiger partial charge >= 0.3 is 0 Å². The molecule has 0 N–H and O–H groups in total. The summed E-state index contributed by atoms with van der Waals surface area (Å²) in [4.78, 5) is 15.3. The minimum absolute atomic E-state index is 0.585. The lowest BCUT2D eigenvalue weighted by atomic mass is 9.97. The molecule has 0 unspecified atom stereocenters. The molecular formula is C53H32N4O. The van der Waals surface area contributed by atoms with Crippen LogP contribution in [0, 0.1) is 0 Å². The Balaban J connectivity index is 1.19. The molecular weight excluding hydrogens is 709 g/mol. The zero-order valence-corrected chi connectivity index (χ0v) is 31.2. The fraction of sp³-hybridized carbons (Fsp3) is 0. The molecule has 0 atom stereocenters. The van der Waals surface area contributed by atoms with Crippen LogP contribution in [0.25, 0.3) is 116 Å². The number of rotatable bonds is 5. The van der Waals surface area contributed by atoms with Gasteiger partial charge in [-0.3, -0.25) is 0 Å². The van der Waals surface area contributed by atoms with Crippen LogP contribution in [-0.2, 0) is 0 Å². The smallest absolute Gasteiger partial charge is 0.164 e. The topological polar surface area (TPSA) is 56.7 Å². The van der Waals surface area contributed by atoms with E-state index in [1.54, 1.807) is 0 Å². The molecule has 0 radical (unpaired) electrons. The first-order valence-corrected chi connectivity index (χ1v) is 19.5. The lowest BCUT2D eigenvalue weighted by molar-refractivity contribution is 0.666. The summed E-state index contributed by atoms with van der Waals surface area (Å²) in [6.45, 7) is 0. The van der Waals surface area contributed by atoms with Crippen molar-refractivity contribution in [3.8, 4) is 51.0 Å². The summed E-state index contributed by atoms with van der Waals surface area (Å²) in [5.41, 5.74) is 9.69. The lowest BCUT2D eigenvalue weighted by Crippen LogP contribution is -2.00. The Labute approximate surface area is 333 Å². The van der Waals surface area contributed by atoms with E-state index in [2.05, 4.69) is 132 Å². The zero-order chi connectivity index (χ0) is 38.2. The first kappa shape index (κ1) is 32.4. The summed E-state index contributed by atoms with van der Waals surface area (Å²) in [6, 6.07) is 68.1. The zero-order valence-electron chi connectivity index (χ0n) is 31.2. The Morgan fingerprint density at radius 2 is 0.983 bits per heavy atom. The predicted octanol–water partition coefficient (Wildman–Crippen LogP) is 13.8. The first-order chi connectivity index (χ1) is 28.7. The van der Waals surface area contributed by atoms with E-state index in [-0.39, 0.29) is 0 Å². The molecule has 270 valence electrons. The highest BCUT2D eigenvalue weighted by molar-refractivity contribution is 6.18. The van der Waals surface area contributed by atoms with Crippen LogP contribution in [0.3, 0.4) is 0 Å². The van der Waals surface area contributed by atoms with Crippen molar-refractivity contribution in [2.45, 2.75) is 0 Å². The molecule has 0 saturated heterocycles. The minimum atomic E-state index is 0.585. The van der Waals surface area contributed by atoms with E-state index >= 15 is 0 Å². The molecule has 9 aromatic carbocycles. The number of hydrogen-bond donors (Lipinski definition) is 0. The van der Waals surface area contributed by atoms with E-state index in [4.69, 9.17) is 19.4 Å². The summed E-state index contributed by atoms with van der Waals surface area (Å²) >= 11 is 0. The summed E-state index contributed by atoms with van der Waals surface area (Å²) in [6.07, 6.45) is 0. The highest BCUT2D eigenvalue weighted by Crippen LogP contribution is 2.44. The Morgan fingerprint density at radius 3 is 1.72 bits per heavy atom. The summed E-state index contributed by atoms with van der Waals surface area (Å²) < 4.78 is 9.44. The van der Waals surface area contributed by atoms with E-state index in [1.165, 1.54) is 32.3 Å². The van der Waals surface area contributed by atoms with Gasteiger partial charge in [-0.05, 0) is 75.1 Å². The lowest BCUT2D eigenvalue weighted by Gasteiger charge is -2.13. The third-order valence-electron chi connectivity index (χ3n) is 11.4. The summed E-state index contributed by atoms with van der Waals surface area (Å²) in [5.74, 6) is 1.82. The molecule has 12 aromatic rings. The number of furan rings is 1. The van der Waals surface area contributed by atoms with Crippen LogP contribution in [0.15, 0.2) is 199 Å². The molecule has 58 heavy (non-hydrogen) atoms. The third kappa shape index (κ3) is 5.14. The van der Waals surface area contributed by atoms with Crippen LogP contribution in [-0.4, -0.2) is 19.5 Å². The summed E-state index contributed by atoms with van der Waals surface area (Å²) in [7, 11) is 0. The Kier molecular flexibility index (Phi) is 7.16. The number of hydrogen-bond acceptors (Lipinski definition) is 4. The molecule has 0 bridgehead atoms. The molecule has 0 amide bonds. The monoisotopic (exact) mass is 740 g/mol. The number of fused-ring (bicyclic) bond motifs is 8. The molecule has 3 heterocycles. The van der Waals surface area contributed by atoms with Crippen molar-refractivity contribution in [2.24, 2.45) is 0 Å². The van der Waals surface area contributed by atoms with Gasteiger partial charge in [0.25, 0.3) is 0 Å². The second kappa shape index (κ2) is 12.8. The molecule has 5 nitrogen and oxygen atoms in total. The second-order valence-electron chi connectivity index (χ2n) is 14.8. The molecule has 0 aliphatic rings. The van der Waals surface area contributed by atoms with Gasteiger partial charge in [0.1, 0.15) is 5.58 Å². The number of benzene rings is 9. The molecule has 0 saturated carbocycles. The van der Waals surface area contributed by atoms with Crippen LogP contribution in [0.1, 0.15) is 0 Å². The van der Waals surface area contributed by atoms with Gasteiger partial charge in [0.05, 0.1) is 16.7 Å². The van der Waals surface area contributed by atoms with E-state index in [0.29, 0.717) is 17.5 Å². The highest BCUT2D eigenvalue weighted by Gasteiger charge is 2.23. The Hall–Kier alpha value is -7.89. The third-order valence-corrected chi connectivity index (χ3v) is 11.4. The van der Waals surface area contributed by atoms with Gasteiger partial charge in [-0.1, -0.05) is 152 Å². The second-order valence-corrected chi connectivity index (χ2v) is 14.8.